The maximum absolute atomic E-state index is 13.9. The molecule has 0 aliphatic carbocycles. The molecule has 214 valence electrons. The SMILES string of the molecule is O=C1NC(=O)/C(=C/c2ccc(CNc3cccc(-c4c(Cc5ccccc5)cnc5c(C(F)(F)F)cccc45)c3)cc2)S1. The number of carbonyl (C=O) groups excluding carboxylic acids is 2. The second kappa shape index (κ2) is 11.8. The van der Waals surface area contributed by atoms with Crippen molar-refractivity contribution < 1.29 is 22.8 Å². The monoisotopic (exact) mass is 595 g/mol. The number of carbonyl (C=O) groups is 2. The van der Waals surface area contributed by atoms with Gasteiger partial charge in [-0.25, -0.2) is 0 Å². The first-order valence-corrected chi connectivity index (χ1v) is 14.3. The molecule has 0 saturated carbocycles. The smallest absolute Gasteiger partial charge is 0.381 e. The van der Waals surface area contributed by atoms with Gasteiger partial charge in [-0.15, -0.1) is 0 Å². The zero-order chi connectivity index (χ0) is 30.0. The molecule has 2 N–H and O–H groups in total. The minimum Gasteiger partial charge on any atom is -0.381 e. The number of anilines is 1. The molecule has 0 atom stereocenters. The van der Waals surface area contributed by atoms with Crippen LogP contribution in [0.5, 0.6) is 0 Å². The molecule has 6 rings (SSSR count). The minimum absolute atomic E-state index is 0.0758. The summed E-state index contributed by atoms with van der Waals surface area (Å²) in [5.74, 6) is -0.399. The van der Waals surface area contributed by atoms with Crippen LogP contribution in [-0.4, -0.2) is 16.1 Å². The average molecular weight is 596 g/mol. The van der Waals surface area contributed by atoms with E-state index < -0.39 is 17.6 Å². The zero-order valence-corrected chi connectivity index (χ0v) is 23.4. The maximum Gasteiger partial charge on any atom is 0.418 e. The molecule has 1 saturated heterocycles. The third-order valence-corrected chi connectivity index (χ3v) is 7.90. The summed E-state index contributed by atoms with van der Waals surface area (Å²) >= 11 is 0.873. The fourth-order valence-electron chi connectivity index (χ4n) is 5.08. The lowest BCUT2D eigenvalue weighted by Crippen LogP contribution is -2.17. The molecule has 2 amide bonds. The predicted octanol–water partition coefficient (Wildman–Crippen LogP) is 8.45. The molecule has 2 heterocycles. The summed E-state index contributed by atoms with van der Waals surface area (Å²) in [5.41, 5.74) is 5.12. The second-order valence-electron chi connectivity index (χ2n) is 10.0. The van der Waals surface area contributed by atoms with E-state index in [0.717, 1.165) is 51.3 Å². The standard InChI is InChI=1S/C34H24F3N3O2S/c35-34(36,37)28-11-5-10-27-30(25(20-39-31(27)28)16-21-6-2-1-3-7-21)24-8-4-9-26(18-24)38-19-23-14-12-22(13-15-23)17-29-32(41)40-33(42)43-29/h1-15,17-18,20,38H,16,19H2,(H,40,41,42)/b29-17-. The van der Waals surface area contributed by atoms with Gasteiger partial charge in [-0.05, 0) is 75.8 Å². The molecule has 5 nitrogen and oxygen atoms in total. The number of para-hydroxylation sites is 1. The van der Waals surface area contributed by atoms with E-state index in [1.165, 1.54) is 6.07 Å². The molecule has 0 radical (unpaired) electrons. The van der Waals surface area contributed by atoms with Crippen molar-refractivity contribution in [3.63, 3.8) is 0 Å². The van der Waals surface area contributed by atoms with Crippen molar-refractivity contribution in [2.24, 2.45) is 0 Å². The van der Waals surface area contributed by atoms with E-state index in [2.05, 4.69) is 15.6 Å². The van der Waals surface area contributed by atoms with Crippen LogP contribution >= 0.6 is 11.8 Å². The summed E-state index contributed by atoms with van der Waals surface area (Å²) in [7, 11) is 0. The summed E-state index contributed by atoms with van der Waals surface area (Å²) in [6, 6.07) is 29.2. The van der Waals surface area contributed by atoms with Gasteiger partial charge in [-0.3, -0.25) is 19.9 Å². The lowest BCUT2D eigenvalue weighted by Gasteiger charge is -2.17. The van der Waals surface area contributed by atoms with Crippen molar-refractivity contribution in [3.8, 4) is 11.1 Å². The Morgan fingerprint density at radius 2 is 1.63 bits per heavy atom. The highest BCUT2D eigenvalue weighted by Gasteiger charge is 2.33. The molecule has 1 aliphatic heterocycles. The first-order valence-electron chi connectivity index (χ1n) is 13.4. The number of benzene rings is 4. The molecule has 9 heteroatoms. The number of fused-ring (bicyclic) bond motifs is 1. The first-order chi connectivity index (χ1) is 20.7. The van der Waals surface area contributed by atoms with E-state index in [1.807, 2.05) is 78.9 Å². The van der Waals surface area contributed by atoms with Gasteiger partial charge in [-0.2, -0.15) is 13.2 Å². The van der Waals surface area contributed by atoms with Gasteiger partial charge in [-0.1, -0.05) is 78.9 Å². The summed E-state index contributed by atoms with van der Waals surface area (Å²) in [4.78, 5) is 27.9. The van der Waals surface area contributed by atoms with Gasteiger partial charge in [0.1, 0.15) is 0 Å². The van der Waals surface area contributed by atoms with Crippen LogP contribution in [0.25, 0.3) is 28.1 Å². The van der Waals surface area contributed by atoms with Crippen molar-refractivity contribution in [3.05, 3.63) is 136 Å². The molecule has 43 heavy (non-hydrogen) atoms. The van der Waals surface area contributed by atoms with Crippen LogP contribution < -0.4 is 10.6 Å². The van der Waals surface area contributed by atoms with E-state index in [4.69, 9.17) is 0 Å². The Morgan fingerprint density at radius 1 is 0.860 bits per heavy atom. The lowest BCUT2D eigenvalue weighted by molar-refractivity contribution is -0.136. The van der Waals surface area contributed by atoms with Gasteiger partial charge in [0.2, 0.25) is 0 Å². The minimum atomic E-state index is -4.53. The first kappa shape index (κ1) is 28.2. The molecule has 5 aromatic rings. The van der Waals surface area contributed by atoms with Gasteiger partial charge >= 0.3 is 6.18 Å². The summed E-state index contributed by atoms with van der Waals surface area (Å²) in [6.07, 6.45) is -0.786. The van der Waals surface area contributed by atoms with Crippen LogP contribution in [0, 0.1) is 0 Å². The van der Waals surface area contributed by atoms with Crippen LogP contribution in [0.4, 0.5) is 23.7 Å². The van der Waals surface area contributed by atoms with Crippen molar-refractivity contribution in [1.29, 1.82) is 0 Å². The summed E-state index contributed by atoms with van der Waals surface area (Å²) in [6.45, 7) is 0.500. The number of nitrogens with zero attached hydrogens (tertiary/aromatic N) is 1. The fourth-order valence-corrected chi connectivity index (χ4v) is 5.76. The topological polar surface area (TPSA) is 71.1 Å². The summed E-state index contributed by atoms with van der Waals surface area (Å²) < 4.78 is 41.7. The van der Waals surface area contributed by atoms with Gasteiger partial charge in [0.05, 0.1) is 16.0 Å². The van der Waals surface area contributed by atoms with E-state index in [0.29, 0.717) is 28.8 Å². The number of alkyl halides is 3. The van der Waals surface area contributed by atoms with E-state index in [-0.39, 0.29) is 10.8 Å². The molecule has 1 aliphatic rings. The van der Waals surface area contributed by atoms with Gasteiger partial charge in [0.15, 0.2) is 0 Å². The number of thioether (sulfide) groups is 1. The lowest BCUT2D eigenvalue weighted by atomic mass is 9.91. The Hall–Kier alpha value is -4.89. The van der Waals surface area contributed by atoms with Crippen LogP contribution in [0.1, 0.15) is 27.8 Å². The third kappa shape index (κ3) is 6.32. The Balaban J connectivity index is 1.30. The van der Waals surface area contributed by atoms with Crippen molar-refractivity contribution in [1.82, 2.24) is 10.3 Å². The molecular formula is C34H24F3N3O2S. The number of nitrogens with one attached hydrogen (secondary N) is 2. The van der Waals surface area contributed by atoms with Crippen LogP contribution in [0.3, 0.4) is 0 Å². The number of rotatable bonds is 7. The highest BCUT2D eigenvalue weighted by molar-refractivity contribution is 8.18. The molecule has 1 aromatic heterocycles. The largest absolute Gasteiger partial charge is 0.418 e. The number of halogens is 3. The highest BCUT2D eigenvalue weighted by atomic mass is 32.2. The quantitative estimate of drug-likeness (QED) is 0.185. The molecule has 0 bridgehead atoms. The van der Waals surface area contributed by atoms with E-state index >= 15 is 0 Å². The number of amides is 2. The normalized spacial score (nSPS) is 14.3. The highest BCUT2D eigenvalue weighted by Crippen LogP contribution is 2.39. The number of imide groups is 1. The third-order valence-electron chi connectivity index (χ3n) is 7.09. The van der Waals surface area contributed by atoms with E-state index in [9.17, 15) is 22.8 Å². The number of pyridine rings is 1. The van der Waals surface area contributed by atoms with Crippen molar-refractivity contribution in [2.45, 2.75) is 19.1 Å². The summed E-state index contributed by atoms with van der Waals surface area (Å²) in [5, 5.41) is 5.71. The molecule has 0 unspecified atom stereocenters. The zero-order valence-electron chi connectivity index (χ0n) is 22.6. The molecular weight excluding hydrogens is 571 g/mol. The number of hydrogen-bond donors (Lipinski definition) is 2. The average Bonchev–Trinajstić information content (AvgIpc) is 3.32. The molecule has 0 spiro atoms. The Morgan fingerprint density at radius 3 is 2.35 bits per heavy atom. The molecule has 4 aromatic carbocycles. The van der Waals surface area contributed by atoms with Gasteiger partial charge < -0.3 is 5.32 Å². The van der Waals surface area contributed by atoms with Gasteiger partial charge in [0.25, 0.3) is 11.1 Å². The van der Waals surface area contributed by atoms with Crippen LogP contribution in [-0.2, 0) is 23.9 Å². The number of aromatic nitrogens is 1. The molecule has 1 fully saturated rings. The van der Waals surface area contributed by atoms with Crippen molar-refractivity contribution >= 4 is 45.6 Å². The van der Waals surface area contributed by atoms with E-state index in [1.54, 1.807) is 18.3 Å². The Labute approximate surface area is 249 Å². The Bertz CT molecular complexity index is 1870. The Kier molecular flexibility index (Phi) is 7.73. The van der Waals surface area contributed by atoms with Crippen LogP contribution in [0.2, 0.25) is 0 Å². The second-order valence-corrected chi connectivity index (χ2v) is 11.1. The number of hydrogen-bond acceptors (Lipinski definition) is 5. The van der Waals surface area contributed by atoms with Gasteiger partial charge in [0, 0.05) is 23.8 Å². The predicted molar refractivity (Wildman–Crippen MR) is 164 cm³/mol. The maximum atomic E-state index is 13.9. The fraction of sp³-hybridized carbons (Fsp3) is 0.0882. The van der Waals surface area contributed by atoms with Crippen molar-refractivity contribution in [2.75, 3.05) is 5.32 Å². The van der Waals surface area contributed by atoms with Crippen LogP contribution in [0.15, 0.2) is 108 Å².